The number of nitrogens with one attached hydrogen (secondary N) is 1. The Hall–Kier alpha value is -1.64. The quantitative estimate of drug-likeness (QED) is 0.806. The summed E-state index contributed by atoms with van der Waals surface area (Å²) in [6.07, 6.45) is 1.80. The molecule has 106 valence electrons. The van der Waals surface area contributed by atoms with Crippen molar-refractivity contribution in [2.45, 2.75) is 31.8 Å². The topological polar surface area (TPSA) is 32.3 Å². The highest BCUT2D eigenvalue weighted by molar-refractivity contribution is 5.31. The maximum atomic E-state index is 9.18. The van der Waals surface area contributed by atoms with Gasteiger partial charge in [0.25, 0.3) is 0 Å². The Morgan fingerprint density at radius 2 is 1.40 bits per heavy atom. The minimum Gasteiger partial charge on any atom is -0.396 e. The molecule has 0 fully saturated rings. The van der Waals surface area contributed by atoms with Gasteiger partial charge in [-0.3, -0.25) is 0 Å². The molecule has 2 rings (SSSR count). The van der Waals surface area contributed by atoms with Crippen molar-refractivity contribution in [3.63, 3.8) is 0 Å². The fourth-order valence-corrected chi connectivity index (χ4v) is 2.47. The minimum atomic E-state index is 0.175. The van der Waals surface area contributed by atoms with Crippen molar-refractivity contribution in [3.05, 3.63) is 71.8 Å². The second kappa shape index (κ2) is 7.83. The zero-order valence-corrected chi connectivity index (χ0v) is 12.0. The van der Waals surface area contributed by atoms with Crippen LogP contribution in [0.5, 0.6) is 0 Å². The molecule has 2 nitrogen and oxygen atoms in total. The van der Waals surface area contributed by atoms with Crippen LogP contribution in [0.1, 0.15) is 36.9 Å². The largest absolute Gasteiger partial charge is 0.396 e. The highest BCUT2D eigenvalue weighted by atomic mass is 16.3. The van der Waals surface area contributed by atoms with E-state index in [1.807, 2.05) is 12.1 Å². The Bertz CT molecular complexity index is 444. The molecule has 0 aliphatic rings. The number of hydrogen-bond donors (Lipinski definition) is 2. The average Bonchev–Trinajstić information content (AvgIpc) is 2.53. The van der Waals surface area contributed by atoms with Gasteiger partial charge in [0.2, 0.25) is 0 Å². The highest BCUT2D eigenvalue weighted by Crippen LogP contribution is 2.23. The van der Waals surface area contributed by atoms with Gasteiger partial charge >= 0.3 is 0 Å². The molecule has 0 aliphatic heterocycles. The van der Waals surface area contributed by atoms with Gasteiger partial charge in [0.15, 0.2) is 0 Å². The highest BCUT2D eigenvalue weighted by Gasteiger charge is 2.17. The van der Waals surface area contributed by atoms with Crippen LogP contribution < -0.4 is 5.32 Å². The second-order valence-electron chi connectivity index (χ2n) is 5.04. The summed E-state index contributed by atoms with van der Waals surface area (Å²) in [4.78, 5) is 0. The predicted molar refractivity (Wildman–Crippen MR) is 83.6 cm³/mol. The first kappa shape index (κ1) is 14.8. The molecular formula is C18H23NO. The van der Waals surface area contributed by atoms with Crippen LogP contribution in [0.2, 0.25) is 0 Å². The third-order valence-electron chi connectivity index (χ3n) is 3.64. The lowest BCUT2D eigenvalue weighted by Crippen LogP contribution is -2.33. The number of aliphatic hydroxyl groups is 1. The van der Waals surface area contributed by atoms with E-state index in [2.05, 4.69) is 60.8 Å². The van der Waals surface area contributed by atoms with Gasteiger partial charge in [-0.25, -0.2) is 0 Å². The van der Waals surface area contributed by atoms with E-state index in [9.17, 15) is 5.11 Å². The summed E-state index contributed by atoms with van der Waals surface area (Å²) in [5.41, 5.74) is 2.52. The van der Waals surface area contributed by atoms with Crippen molar-refractivity contribution in [3.8, 4) is 0 Å². The zero-order chi connectivity index (χ0) is 14.2. The lowest BCUT2D eigenvalue weighted by Gasteiger charge is -2.25. The Labute approximate surface area is 121 Å². The summed E-state index contributed by atoms with van der Waals surface area (Å²) in [6, 6.07) is 21.5. The molecule has 0 aliphatic carbocycles. The molecule has 2 aromatic carbocycles. The number of benzene rings is 2. The van der Waals surface area contributed by atoms with Gasteiger partial charge < -0.3 is 10.4 Å². The van der Waals surface area contributed by atoms with Crippen molar-refractivity contribution < 1.29 is 5.11 Å². The van der Waals surface area contributed by atoms with Crippen LogP contribution in [0.4, 0.5) is 0 Å². The van der Waals surface area contributed by atoms with Crippen LogP contribution in [-0.4, -0.2) is 17.8 Å². The van der Waals surface area contributed by atoms with Crippen LogP contribution in [-0.2, 0) is 0 Å². The van der Waals surface area contributed by atoms with Crippen LogP contribution >= 0.6 is 0 Å². The third-order valence-corrected chi connectivity index (χ3v) is 3.64. The monoisotopic (exact) mass is 269 g/mol. The predicted octanol–water partition coefficient (Wildman–Crippen LogP) is 3.53. The Morgan fingerprint density at radius 3 is 1.80 bits per heavy atom. The Kier molecular flexibility index (Phi) is 5.78. The summed E-state index contributed by atoms with van der Waals surface area (Å²) in [5, 5.41) is 12.9. The van der Waals surface area contributed by atoms with Crippen LogP contribution in [0.25, 0.3) is 0 Å². The molecule has 0 heterocycles. The van der Waals surface area contributed by atoms with E-state index in [1.54, 1.807) is 0 Å². The molecule has 0 radical (unpaired) electrons. The van der Waals surface area contributed by atoms with Gasteiger partial charge in [0, 0.05) is 12.6 Å². The minimum absolute atomic E-state index is 0.175. The first-order chi connectivity index (χ1) is 9.85. The molecule has 0 aromatic heterocycles. The summed E-state index contributed by atoms with van der Waals surface area (Å²) in [6.45, 7) is 2.38. The third kappa shape index (κ3) is 3.92. The maximum Gasteiger partial charge on any atom is 0.0578 e. The van der Waals surface area contributed by atoms with Crippen molar-refractivity contribution >= 4 is 0 Å². The molecule has 0 saturated carbocycles. The van der Waals surface area contributed by atoms with E-state index in [-0.39, 0.29) is 12.6 Å². The molecule has 0 spiro atoms. The molecular weight excluding hydrogens is 246 g/mol. The zero-order valence-electron chi connectivity index (χ0n) is 12.0. The van der Waals surface area contributed by atoms with Crippen molar-refractivity contribution in [1.82, 2.24) is 5.32 Å². The molecule has 0 saturated heterocycles. The van der Waals surface area contributed by atoms with Crippen LogP contribution in [0, 0.1) is 0 Å². The van der Waals surface area contributed by atoms with E-state index in [0.29, 0.717) is 6.04 Å². The summed E-state index contributed by atoms with van der Waals surface area (Å²) >= 11 is 0. The molecule has 2 aromatic rings. The average molecular weight is 269 g/mol. The summed E-state index contributed by atoms with van der Waals surface area (Å²) < 4.78 is 0. The molecule has 1 unspecified atom stereocenters. The van der Waals surface area contributed by atoms with Crippen molar-refractivity contribution in [2.75, 3.05) is 6.61 Å². The fraction of sp³-hybridized carbons (Fsp3) is 0.333. The Morgan fingerprint density at radius 1 is 0.900 bits per heavy atom. The Balaban J connectivity index is 2.25. The van der Waals surface area contributed by atoms with Crippen molar-refractivity contribution in [1.29, 1.82) is 0 Å². The SMILES string of the molecule is CCC(CCO)NC(c1ccccc1)c1ccccc1. The molecule has 0 bridgehead atoms. The fourth-order valence-electron chi connectivity index (χ4n) is 2.47. The van der Waals surface area contributed by atoms with E-state index in [0.717, 1.165) is 12.8 Å². The molecule has 2 heteroatoms. The number of aliphatic hydroxyl groups excluding tert-OH is 1. The first-order valence-corrected chi connectivity index (χ1v) is 7.32. The molecule has 20 heavy (non-hydrogen) atoms. The van der Waals surface area contributed by atoms with Crippen molar-refractivity contribution in [2.24, 2.45) is 0 Å². The summed E-state index contributed by atoms with van der Waals surface area (Å²) in [7, 11) is 0. The smallest absolute Gasteiger partial charge is 0.0578 e. The van der Waals surface area contributed by atoms with Gasteiger partial charge in [0.1, 0.15) is 0 Å². The lowest BCUT2D eigenvalue weighted by atomic mass is 9.97. The maximum absolute atomic E-state index is 9.18. The molecule has 1 atom stereocenters. The van der Waals surface area contributed by atoms with Gasteiger partial charge in [0.05, 0.1) is 6.04 Å². The number of hydrogen-bond acceptors (Lipinski definition) is 2. The van der Waals surface area contributed by atoms with Gasteiger partial charge in [-0.15, -0.1) is 0 Å². The van der Waals surface area contributed by atoms with E-state index in [1.165, 1.54) is 11.1 Å². The van der Waals surface area contributed by atoms with Gasteiger partial charge in [-0.1, -0.05) is 67.6 Å². The van der Waals surface area contributed by atoms with Gasteiger partial charge in [-0.05, 0) is 24.0 Å². The van der Waals surface area contributed by atoms with Gasteiger partial charge in [-0.2, -0.15) is 0 Å². The van der Waals surface area contributed by atoms with Crippen LogP contribution in [0.3, 0.4) is 0 Å². The first-order valence-electron chi connectivity index (χ1n) is 7.32. The molecule has 0 amide bonds. The summed E-state index contributed by atoms with van der Waals surface area (Å²) in [5.74, 6) is 0. The molecule has 2 N–H and O–H groups in total. The lowest BCUT2D eigenvalue weighted by molar-refractivity contribution is 0.258. The normalized spacial score (nSPS) is 12.6. The standard InChI is InChI=1S/C18H23NO/c1-2-17(13-14-20)19-18(15-9-5-3-6-10-15)16-11-7-4-8-12-16/h3-12,17-20H,2,13-14H2,1H3. The second-order valence-corrected chi connectivity index (χ2v) is 5.04. The number of rotatable bonds is 7. The van der Waals surface area contributed by atoms with E-state index < -0.39 is 0 Å². The van der Waals surface area contributed by atoms with E-state index in [4.69, 9.17) is 0 Å². The van der Waals surface area contributed by atoms with Crippen LogP contribution in [0.15, 0.2) is 60.7 Å². The van der Waals surface area contributed by atoms with E-state index >= 15 is 0 Å².